The highest BCUT2D eigenvalue weighted by molar-refractivity contribution is 9.10. The first-order valence-corrected chi connectivity index (χ1v) is 8.49. The van der Waals surface area contributed by atoms with E-state index in [-0.39, 0.29) is 11.4 Å². The zero-order valence-corrected chi connectivity index (χ0v) is 15.0. The minimum absolute atomic E-state index is 0.0827. The summed E-state index contributed by atoms with van der Waals surface area (Å²) in [5.41, 5.74) is 0.865. The number of nitrogens with zero attached hydrogens (tertiary/aromatic N) is 1. The Hall–Kier alpha value is -0.450. The maximum Gasteiger partial charge on any atom is 0.128 e. The molecule has 2 rings (SSSR count). The molecule has 1 aliphatic rings. The number of hydrogen-bond acceptors (Lipinski definition) is 2. The third-order valence-electron chi connectivity index (χ3n) is 4.06. The molecule has 0 aromatic heterocycles. The molecule has 0 radical (unpaired) electrons. The Labute approximate surface area is 136 Å². The van der Waals surface area contributed by atoms with Crippen molar-refractivity contribution in [1.29, 1.82) is 0 Å². The average molecular weight is 357 g/mol. The lowest BCUT2D eigenvalue weighted by atomic mass is 9.93. The lowest BCUT2D eigenvalue weighted by molar-refractivity contribution is 0.0750. The van der Waals surface area contributed by atoms with E-state index in [2.05, 4.69) is 53.8 Å². The summed E-state index contributed by atoms with van der Waals surface area (Å²) in [6.07, 6.45) is 1.14. The first kappa shape index (κ1) is 16.9. The van der Waals surface area contributed by atoms with E-state index < -0.39 is 0 Å². The fourth-order valence-electron chi connectivity index (χ4n) is 3.05. The molecule has 0 bridgehead atoms. The van der Waals surface area contributed by atoms with Crippen molar-refractivity contribution in [1.82, 2.24) is 10.2 Å². The van der Waals surface area contributed by atoms with E-state index in [0.29, 0.717) is 18.5 Å². The van der Waals surface area contributed by atoms with Gasteiger partial charge in [-0.05, 0) is 38.3 Å². The van der Waals surface area contributed by atoms with Crippen LogP contribution >= 0.6 is 15.9 Å². The largest absolute Gasteiger partial charge is 0.309 e. The van der Waals surface area contributed by atoms with Gasteiger partial charge in [-0.15, -0.1) is 0 Å². The normalized spacial score (nSPS) is 22.7. The predicted molar refractivity (Wildman–Crippen MR) is 89.8 cm³/mol. The molecule has 1 heterocycles. The van der Waals surface area contributed by atoms with Gasteiger partial charge in [-0.1, -0.05) is 35.8 Å². The quantitative estimate of drug-likeness (QED) is 0.869. The van der Waals surface area contributed by atoms with Gasteiger partial charge < -0.3 is 5.32 Å². The molecule has 1 aliphatic heterocycles. The smallest absolute Gasteiger partial charge is 0.128 e. The van der Waals surface area contributed by atoms with E-state index in [1.165, 1.54) is 0 Å². The van der Waals surface area contributed by atoms with E-state index >= 15 is 0 Å². The minimum atomic E-state index is -0.121. The van der Waals surface area contributed by atoms with Gasteiger partial charge in [0.1, 0.15) is 5.82 Å². The Morgan fingerprint density at radius 3 is 2.76 bits per heavy atom. The van der Waals surface area contributed by atoms with Crippen molar-refractivity contribution in [3.05, 3.63) is 34.1 Å². The number of rotatable bonds is 4. The van der Waals surface area contributed by atoms with E-state index in [4.69, 9.17) is 0 Å². The van der Waals surface area contributed by atoms with Crippen molar-refractivity contribution in [3.8, 4) is 0 Å². The van der Waals surface area contributed by atoms with Gasteiger partial charge in [0.15, 0.2) is 0 Å². The number of halogens is 2. The van der Waals surface area contributed by atoms with Crippen LogP contribution in [0.5, 0.6) is 0 Å². The van der Waals surface area contributed by atoms with Crippen LogP contribution in [0, 0.1) is 11.7 Å². The molecule has 1 aromatic carbocycles. The second-order valence-corrected chi connectivity index (χ2v) is 8.10. The fourth-order valence-corrected chi connectivity index (χ4v) is 3.38. The van der Waals surface area contributed by atoms with Crippen LogP contribution in [0.15, 0.2) is 22.7 Å². The summed E-state index contributed by atoms with van der Waals surface area (Å²) < 4.78 is 14.9. The highest BCUT2D eigenvalue weighted by Gasteiger charge is 2.32. The molecule has 0 amide bonds. The summed E-state index contributed by atoms with van der Waals surface area (Å²) in [6, 6.07) is 5.84. The topological polar surface area (TPSA) is 15.3 Å². The highest BCUT2D eigenvalue weighted by atomic mass is 79.9. The number of hydrogen-bond donors (Lipinski definition) is 1. The molecule has 1 unspecified atom stereocenters. The number of benzene rings is 1. The van der Waals surface area contributed by atoms with Crippen LogP contribution in [-0.4, -0.2) is 29.6 Å². The molecule has 1 saturated heterocycles. The molecule has 0 saturated carbocycles. The molecule has 0 spiro atoms. The molecule has 4 heteroatoms. The van der Waals surface area contributed by atoms with Gasteiger partial charge >= 0.3 is 0 Å². The van der Waals surface area contributed by atoms with Crippen LogP contribution in [0.3, 0.4) is 0 Å². The maximum atomic E-state index is 14.1. The van der Waals surface area contributed by atoms with Crippen LogP contribution in [0.2, 0.25) is 0 Å². The van der Waals surface area contributed by atoms with Crippen molar-refractivity contribution in [2.75, 3.05) is 13.1 Å². The van der Waals surface area contributed by atoms with Gasteiger partial charge in [-0.2, -0.15) is 0 Å². The summed E-state index contributed by atoms with van der Waals surface area (Å²) in [6.45, 7) is 11.5. The molecule has 1 N–H and O–H groups in total. The molecular formula is C17H26BrFN2. The van der Waals surface area contributed by atoms with E-state index in [0.717, 1.165) is 29.5 Å². The third-order valence-corrected chi connectivity index (χ3v) is 4.56. The standard InChI is InChI=1S/C17H26BrFN2/c1-12(2)7-15-9-20-17(3,4)11-21(15)10-13-5-6-14(18)8-16(13)19/h5-6,8,12,15,20H,7,9-11H2,1-4H3. The van der Waals surface area contributed by atoms with E-state index in [9.17, 15) is 4.39 Å². The van der Waals surface area contributed by atoms with Crippen molar-refractivity contribution in [2.24, 2.45) is 5.92 Å². The van der Waals surface area contributed by atoms with Crippen LogP contribution in [0.1, 0.15) is 39.7 Å². The first-order valence-electron chi connectivity index (χ1n) is 7.70. The average Bonchev–Trinajstić information content (AvgIpc) is 2.35. The van der Waals surface area contributed by atoms with Gasteiger partial charge in [-0.3, -0.25) is 4.90 Å². The number of nitrogens with one attached hydrogen (secondary N) is 1. The molecule has 0 aliphatic carbocycles. The lowest BCUT2D eigenvalue weighted by Gasteiger charge is -2.45. The van der Waals surface area contributed by atoms with Crippen molar-refractivity contribution in [3.63, 3.8) is 0 Å². The zero-order valence-electron chi connectivity index (χ0n) is 13.4. The van der Waals surface area contributed by atoms with Gasteiger partial charge in [-0.25, -0.2) is 4.39 Å². The van der Waals surface area contributed by atoms with E-state index in [1.807, 2.05) is 12.1 Å². The van der Waals surface area contributed by atoms with Crippen LogP contribution in [0.4, 0.5) is 4.39 Å². The highest BCUT2D eigenvalue weighted by Crippen LogP contribution is 2.24. The first-order chi connectivity index (χ1) is 9.77. The Kier molecular flexibility index (Phi) is 5.44. The van der Waals surface area contributed by atoms with Gasteiger partial charge in [0.2, 0.25) is 0 Å². The second-order valence-electron chi connectivity index (χ2n) is 7.19. The Balaban J connectivity index is 2.15. The Bertz CT molecular complexity index is 488. The van der Waals surface area contributed by atoms with E-state index in [1.54, 1.807) is 6.07 Å². The van der Waals surface area contributed by atoms with Gasteiger partial charge in [0, 0.05) is 41.3 Å². The van der Waals surface area contributed by atoms with Crippen LogP contribution < -0.4 is 5.32 Å². The molecule has 1 atom stereocenters. The van der Waals surface area contributed by atoms with Crippen molar-refractivity contribution in [2.45, 2.75) is 52.2 Å². The summed E-state index contributed by atoms with van der Waals surface area (Å²) in [4.78, 5) is 2.43. The zero-order chi connectivity index (χ0) is 15.6. The van der Waals surface area contributed by atoms with Gasteiger partial charge in [0.05, 0.1) is 0 Å². The third kappa shape index (κ3) is 4.76. The van der Waals surface area contributed by atoms with Crippen LogP contribution in [0.25, 0.3) is 0 Å². The summed E-state index contributed by atoms with van der Waals surface area (Å²) in [5.74, 6) is 0.527. The fraction of sp³-hybridized carbons (Fsp3) is 0.647. The summed E-state index contributed by atoms with van der Waals surface area (Å²) in [7, 11) is 0. The Morgan fingerprint density at radius 2 is 2.14 bits per heavy atom. The monoisotopic (exact) mass is 356 g/mol. The lowest BCUT2D eigenvalue weighted by Crippen LogP contribution is -2.61. The minimum Gasteiger partial charge on any atom is -0.309 e. The number of piperazine rings is 1. The maximum absolute atomic E-state index is 14.1. The summed E-state index contributed by atoms with van der Waals surface area (Å²) in [5, 5.41) is 3.61. The Morgan fingerprint density at radius 1 is 1.43 bits per heavy atom. The van der Waals surface area contributed by atoms with Crippen molar-refractivity contribution < 1.29 is 4.39 Å². The van der Waals surface area contributed by atoms with Crippen LogP contribution in [-0.2, 0) is 6.54 Å². The molecule has 1 fully saturated rings. The summed E-state index contributed by atoms with van der Waals surface area (Å²) >= 11 is 3.32. The molecule has 118 valence electrons. The predicted octanol–water partition coefficient (Wildman–Crippen LogP) is 4.19. The molecular weight excluding hydrogens is 331 g/mol. The SMILES string of the molecule is CC(C)CC1CNC(C)(C)CN1Cc1ccc(Br)cc1F. The molecule has 1 aromatic rings. The molecule has 21 heavy (non-hydrogen) atoms. The van der Waals surface area contributed by atoms with Gasteiger partial charge in [0.25, 0.3) is 0 Å². The second kappa shape index (κ2) is 6.76. The molecule has 2 nitrogen and oxygen atoms in total. The van der Waals surface area contributed by atoms with Crippen molar-refractivity contribution >= 4 is 15.9 Å².